The summed E-state index contributed by atoms with van der Waals surface area (Å²) in [6.45, 7) is 9.27. The molecule has 1 heterocycles. The molecule has 3 rings (SSSR count). The lowest BCUT2D eigenvalue weighted by molar-refractivity contribution is -0.146. The summed E-state index contributed by atoms with van der Waals surface area (Å²) in [5, 5.41) is 6.13. The van der Waals surface area contributed by atoms with Crippen LogP contribution in [0.25, 0.3) is 0 Å². The zero-order chi connectivity index (χ0) is 26.5. The van der Waals surface area contributed by atoms with Gasteiger partial charge in [0.15, 0.2) is 0 Å². The quantitative estimate of drug-likeness (QED) is 0.570. The van der Waals surface area contributed by atoms with Gasteiger partial charge in [-0.1, -0.05) is 44.2 Å². The van der Waals surface area contributed by atoms with Crippen LogP contribution in [-0.2, 0) is 20.9 Å². The molecule has 0 bridgehead atoms. The minimum Gasteiger partial charge on any atom is -0.445 e. The molecule has 1 aliphatic heterocycles. The molecule has 2 fully saturated rings. The third-order valence-corrected chi connectivity index (χ3v) is 7.64. The predicted octanol–water partition coefficient (Wildman–Crippen LogP) is 3.56. The van der Waals surface area contributed by atoms with Gasteiger partial charge in [0.1, 0.15) is 6.61 Å². The monoisotopic (exact) mass is 500 g/mol. The molecule has 0 spiro atoms. The van der Waals surface area contributed by atoms with Gasteiger partial charge < -0.3 is 25.2 Å². The molecule has 1 aromatic carbocycles. The Bertz CT molecular complexity index is 905. The van der Waals surface area contributed by atoms with E-state index >= 15 is 0 Å². The van der Waals surface area contributed by atoms with E-state index in [1.54, 1.807) is 19.0 Å². The van der Waals surface area contributed by atoms with Crippen LogP contribution < -0.4 is 10.6 Å². The van der Waals surface area contributed by atoms with Crippen molar-refractivity contribution in [3.63, 3.8) is 0 Å². The molecule has 2 N–H and O–H groups in total. The van der Waals surface area contributed by atoms with Gasteiger partial charge in [-0.15, -0.1) is 0 Å². The Balaban J connectivity index is 1.67. The van der Waals surface area contributed by atoms with Crippen molar-refractivity contribution in [2.75, 3.05) is 27.2 Å². The fourth-order valence-corrected chi connectivity index (χ4v) is 5.21. The smallest absolute Gasteiger partial charge is 0.407 e. The molecule has 2 aliphatic rings. The SMILES string of the molecule is CN(C)C(=O)[C@@H]1C[C@H](N(C(=O)C(C)(C)CNC(=O)OCc2ccccc2)C2CCC(C)(C)CC2)CN1. The number of amides is 3. The first-order valence-electron chi connectivity index (χ1n) is 13.1. The van der Waals surface area contributed by atoms with Crippen LogP contribution >= 0.6 is 0 Å². The summed E-state index contributed by atoms with van der Waals surface area (Å²) in [5.41, 5.74) is 0.370. The Morgan fingerprint density at radius 2 is 1.72 bits per heavy atom. The molecule has 36 heavy (non-hydrogen) atoms. The fraction of sp³-hybridized carbons (Fsp3) is 0.679. The van der Waals surface area contributed by atoms with Gasteiger partial charge in [0, 0.05) is 39.3 Å². The highest BCUT2D eigenvalue weighted by Crippen LogP contribution is 2.39. The number of nitrogens with zero attached hydrogens (tertiary/aromatic N) is 2. The van der Waals surface area contributed by atoms with E-state index in [2.05, 4.69) is 24.5 Å². The van der Waals surface area contributed by atoms with Crippen molar-refractivity contribution < 1.29 is 19.1 Å². The molecule has 1 aromatic rings. The van der Waals surface area contributed by atoms with E-state index < -0.39 is 11.5 Å². The maximum Gasteiger partial charge on any atom is 0.407 e. The second-order valence-electron chi connectivity index (χ2n) is 12.0. The Labute approximate surface area is 216 Å². The Morgan fingerprint density at radius 1 is 1.08 bits per heavy atom. The highest BCUT2D eigenvalue weighted by Gasteiger charge is 2.44. The topological polar surface area (TPSA) is 91.0 Å². The van der Waals surface area contributed by atoms with Gasteiger partial charge in [-0.05, 0) is 56.9 Å². The summed E-state index contributed by atoms with van der Waals surface area (Å²) >= 11 is 0. The number of hydrogen-bond donors (Lipinski definition) is 2. The second kappa shape index (κ2) is 11.6. The first-order valence-corrected chi connectivity index (χ1v) is 13.1. The Morgan fingerprint density at radius 3 is 2.33 bits per heavy atom. The van der Waals surface area contributed by atoms with Crippen LogP contribution in [0.5, 0.6) is 0 Å². The van der Waals surface area contributed by atoms with E-state index in [9.17, 15) is 14.4 Å². The maximum absolute atomic E-state index is 14.0. The minimum atomic E-state index is -0.817. The van der Waals surface area contributed by atoms with Crippen LogP contribution in [0.15, 0.2) is 30.3 Å². The number of hydrogen-bond acceptors (Lipinski definition) is 5. The highest BCUT2D eigenvalue weighted by molar-refractivity contribution is 5.85. The second-order valence-corrected chi connectivity index (χ2v) is 12.0. The molecule has 0 unspecified atom stereocenters. The standard InChI is InChI=1S/C28H44N4O4/c1-27(2)14-12-21(13-15-27)32(22-16-23(29-17-22)24(33)31(5)6)25(34)28(3,4)19-30-26(35)36-18-20-10-8-7-9-11-20/h7-11,21-23,29H,12-19H2,1-6H3,(H,30,35)/t22-,23-/m0/s1. The largest absolute Gasteiger partial charge is 0.445 e. The van der Waals surface area contributed by atoms with E-state index in [1.807, 2.05) is 49.1 Å². The summed E-state index contributed by atoms with van der Waals surface area (Å²) in [5.74, 6) is 0.0529. The van der Waals surface area contributed by atoms with Crippen LogP contribution in [0.4, 0.5) is 4.79 Å². The van der Waals surface area contributed by atoms with Crippen molar-refractivity contribution >= 4 is 17.9 Å². The number of nitrogens with one attached hydrogen (secondary N) is 2. The number of ether oxygens (including phenoxy) is 1. The van der Waals surface area contributed by atoms with Crippen molar-refractivity contribution in [1.29, 1.82) is 0 Å². The normalized spacial score (nSPS) is 22.1. The van der Waals surface area contributed by atoms with E-state index in [1.165, 1.54) is 0 Å². The zero-order valence-corrected chi connectivity index (χ0v) is 22.8. The van der Waals surface area contributed by atoms with Gasteiger partial charge in [-0.25, -0.2) is 4.79 Å². The number of rotatable bonds is 8. The van der Waals surface area contributed by atoms with Crippen LogP contribution in [0.2, 0.25) is 0 Å². The average Bonchev–Trinajstić information content (AvgIpc) is 3.32. The van der Waals surface area contributed by atoms with Gasteiger partial charge in [-0.3, -0.25) is 9.59 Å². The van der Waals surface area contributed by atoms with Gasteiger partial charge in [0.05, 0.1) is 11.5 Å². The molecule has 1 aliphatic carbocycles. The number of alkyl carbamates (subject to hydrolysis) is 1. The molecule has 8 nitrogen and oxygen atoms in total. The van der Waals surface area contributed by atoms with Crippen molar-refractivity contribution in [2.45, 2.75) is 84.5 Å². The Hall–Kier alpha value is -2.61. The number of likely N-dealkylation sites (N-methyl/N-ethyl adjacent to an activating group) is 1. The van der Waals surface area contributed by atoms with Gasteiger partial charge in [0.2, 0.25) is 11.8 Å². The van der Waals surface area contributed by atoms with Crippen LogP contribution in [0.1, 0.15) is 65.4 Å². The summed E-state index contributed by atoms with van der Waals surface area (Å²) < 4.78 is 5.34. The van der Waals surface area contributed by atoms with Crippen LogP contribution in [0.3, 0.4) is 0 Å². The van der Waals surface area contributed by atoms with E-state index in [0.29, 0.717) is 13.0 Å². The number of benzene rings is 1. The highest BCUT2D eigenvalue weighted by atomic mass is 16.5. The summed E-state index contributed by atoms with van der Waals surface area (Å²) in [6.07, 6.45) is 4.09. The first kappa shape index (κ1) is 28.0. The van der Waals surface area contributed by atoms with Crippen molar-refractivity contribution in [1.82, 2.24) is 20.4 Å². The lowest BCUT2D eigenvalue weighted by atomic mass is 9.74. The van der Waals surface area contributed by atoms with Gasteiger partial charge >= 0.3 is 6.09 Å². The third kappa shape index (κ3) is 7.21. The number of carbonyl (C=O) groups excluding carboxylic acids is 3. The van der Waals surface area contributed by atoms with Crippen molar-refractivity contribution in [2.24, 2.45) is 10.8 Å². The van der Waals surface area contributed by atoms with Gasteiger partial charge in [-0.2, -0.15) is 0 Å². The molecule has 1 saturated heterocycles. The van der Waals surface area contributed by atoms with E-state index in [4.69, 9.17) is 4.74 Å². The molecule has 1 saturated carbocycles. The Kier molecular flexibility index (Phi) is 9.03. The molecular formula is C28H44N4O4. The maximum atomic E-state index is 14.0. The molecule has 200 valence electrons. The fourth-order valence-electron chi connectivity index (χ4n) is 5.21. The summed E-state index contributed by atoms with van der Waals surface area (Å²) in [7, 11) is 3.52. The molecule has 0 aromatic heterocycles. The van der Waals surface area contributed by atoms with E-state index in [0.717, 1.165) is 31.2 Å². The minimum absolute atomic E-state index is 0.0142. The molecular weight excluding hydrogens is 456 g/mol. The van der Waals surface area contributed by atoms with E-state index in [-0.39, 0.29) is 48.5 Å². The molecule has 3 amide bonds. The van der Waals surface area contributed by atoms with Crippen molar-refractivity contribution in [3.8, 4) is 0 Å². The van der Waals surface area contributed by atoms with Crippen LogP contribution in [-0.4, -0.2) is 73.0 Å². The summed E-state index contributed by atoms with van der Waals surface area (Å²) in [6, 6.07) is 9.30. The lowest BCUT2D eigenvalue weighted by Gasteiger charge is -2.45. The first-order chi connectivity index (χ1) is 16.9. The van der Waals surface area contributed by atoms with Crippen LogP contribution in [0, 0.1) is 10.8 Å². The molecule has 8 heteroatoms. The predicted molar refractivity (Wildman–Crippen MR) is 140 cm³/mol. The average molecular weight is 501 g/mol. The molecule has 0 radical (unpaired) electrons. The third-order valence-electron chi connectivity index (χ3n) is 7.64. The summed E-state index contributed by atoms with van der Waals surface area (Å²) in [4.78, 5) is 42.6. The van der Waals surface area contributed by atoms with Crippen molar-refractivity contribution in [3.05, 3.63) is 35.9 Å². The van der Waals surface area contributed by atoms with Gasteiger partial charge in [0.25, 0.3) is 0 Å². The zero-order valence-electron chi connectivity index (χ0n) is 22.8. The molecule has 2 atom stereocenters. The number of carbonyl (C=O) groups is 3. The lowest BCUT2D eigenvalue weighted by Crippen LogP contribution is -2.56.